The summed E-state index contributed by atoms with van der Waals surface area (Å²) in [6.07, 6.45) is -3.28. The maximum atomic E-state index is 12.7. The molecule has 1 heterocycles. The van der Waals surface area contributed by atoms with E-state index in [-0.39, 0.29) is 16.5 Å². The van der Waals surface area contributed by atoms with Crippen molar-refractivity contribution in [2.24, 2.45) is 0 Å². The van der Waals surface area contributed by atoms with Crippen LogP contribution in [0.5, 0.6) is 0 Å². The van der Waals surface area contributed by atoms with Gasteiger partial charge in [-0.2, -0.15) is 13.2 Å². The van der Waals surface area contributed by atoms with Gasteiger partial charge in [0.25, 0.3) is 0 Å². The van der Waals surface area contributed by atoms with Crippen LogP contribution < -0.4 is 0 Å². The number of rotatable bonds is 2. The summed E-state index contributed by atoms with van der Waals surface area (Å²) in [4.78, 5) is 11.2. The summed E-state index contributed by atoms with van der Waals surface area (Å²) in [5, 5.41) is 9.31. The molecule has 0 aliphatic rings. The second kappa shape index (κ2) is 4.01. The lowest BCUT2D eigenvalue weighted by molar-refractivity contribution is -0.142. The van der Waals surface area contributed by atoms with Crippen molar-refractivity contribution in [3.63, 3.8) is 0 Å². The van der Waals surface area contributed by atoms with Crippen molar-refractivity contribution >= 4 is 16.9 Å². The third kappa shape index (κ3) is 2.18. The first-order chi connectivity index (χ1) is 8.64. The van der Waals surface area contributed by atoms with Crippen molar-refractivity contribution < 1.29 is 27.5 Å². The Morgan fingerprint density at radius 1 is 1.26 bits per heavy atom. The number of carboxylic acids is 1. The molecule has 19 heavy (non-hydrogen) atoms. The van der Waals surface area contributed by atoms with Gasteiger partial charge in [-0.25, -0.2) is 0 Å². The molecule has 0 bridgehead atoms. The Morgan fingerprint density at radius 3 is 2.42 bits per heavy atom. The van der Waals surface area contributed by atoms with E-state index in [4.69, 9.17) is 9.52 Å². The predicted octanol–water partition coefficient (Wildman–Crippen LogP) is 3.81. The van der Waals surface area contributed by atoms with Gasteiger partial charge in [-0.05, 0) is 32.0 Å². The summed E-state index contributed by atoms with van der Waals surface area (Å²) in [5.74, 6) is -1.13. The van der Waals surface area contributed by atoms with E-state index in [1.54, 1.807) is 0 Å². The first-order valence-corrected chi connectivity index (χ1v) is 5.46. The predicted molar refractivity (Wildman–Crippen MR) is 61.9 cm³/mol. The first kappa shape index (κ1) is 13.5. The van der Waals surface area contributed by atoms with Gasteiger partial charge in [-0.1, -0.05) is 0 Å². The number of hydrogen-bond donors (Lipinski definition) is 1. The smallest absolute Gasteiger partial charge is 0.416 e. The van der Waals surface area contributed by atoms with Crippen LogP contribution in [0.15, 0.2) is 28.9 Å². The largest absolute Gasteiger partial charge is 0.481 e. The summed E-state index contributed by atoms with van der Waals surface area (Å²) in [7, 11) is 0. The van der Waals surface area contributed by atoms with Crippen LogP contribution in [0.1, 0.15) is 25.0 Å². The molecule has 2 aromatic rings. The van der Waals surface area contributed by atoms with E-state index in [1.807, 2.05) is 0 Å². The number of benzene rings is 1. The highest BCUT2D eigenvalue weighted by molar-refractivity contribution is 5.90. The van der Waals surface area contributed by atoms with Crippen LogP contribution in [0, 0.1) is 0 Å². The highest BCUT2D eigenvalue weighted by Crippen LogP contribution is 2.36. The molecular formula is C13H11F3O3. The minimum atomic E-state index is -4.48. The summed E-state index contributed by atoms with van der Waals surface area (Å²) < 4.78 is 43.1. The van der Waals surface area contributed by atoms with Crippen LogP contribution in [-0.2, 0) is 16.4 Å². The Hall–Kier alpha value is -1.98. The molecule has 0 radical (unpaired) electrons. The van der Waals surface area contributed by atoms with Gasteiger partial charge in [0.05, 0.1) is 17.2 Å². The Kier molecular flexibility index (Phi) is 2.84. The molecule has 0 fully saturated rings. The van der Waals surface area contributed by atoms with Crippen LogP contribution >= 0.6 is 0 Å². The number of hydrogen-bond acceptors (Lipinski definition) is 2. The van der Waals surface area contributed by atoms with Crippen molar-refractivity contribution in [2.75, 3.05) is 0 Å². The molecule has 0 aliphatic carbocycles. The fourth-order valence-corrected chi connectivity index (χ4v) is 1.80. The van der Waals surface area contributed by atoms with E-state index < -0.39 is 23.1 Å². The SMILES string of the molecule is CC(C)(C(=O)O)c1coc2ccc(C(F)(F)F)cc12. The lowest BCUT2D eigenvalue weighted by atomic mass is 9.84. The highest BCUT2D eigenvalue weighted by Gasteiger charge is 2.35. The molecule has 1 aromatic heterocycles. The average molecular weight is 272 g/mol. The summed E-state index contributed by atoms with van der Waals surface area (Å²) in [6.45, 7) is 2.83. The second-order valence-electron chi connectivity index (χ2n) is 4.79. The molecule has 102 valence electrons. The van der Waals surface area contributed by atoms with E-state index in [9.17, 15) is 18.0 Å². The number of carboxylic acid groups (broad SMARTS) is 1. The van der Waals surface area contributed by atoms with E-state index in [2.05, 4.69) is 0 Å². The molecule has 2 rings (SSSR count). The standard InChI is InChI=1S/C13H11F3O3/c1-12(2,11(17)18)9-6-19-10-4-3-7(5-8(9)10)13(14,15)16/h3-6H,1-2H3,(H,17,18). The zero-order valence-corrected chi connectivity index (χ0v) is 10.2. The maximum Gasteiger partial charge on any atom is 0.416 e. The Morgan fingerprint density at radius 2 is 1.89 bits per heavy atom. The molecule has 0 aliphatic heterocycles. The molecule has 0 unspecified atom stereocenters. The minimum absolute atomic E-state index is 0.169. The van der Waals surface area contributed by atoms with E-state index in [0.717, 1.165) is 12.1 Å². The van der Waals surface area contributed by atoms with Gasteiger partial charge in [-0.15, -0.1) is 0 Å². The van der Waals surface area contributed by atoms with Gasteiger partial charge in [-0.3, -0.25) is 4.79 Å². The minimum Gasteiger partial charge on any atom is -0.481 e. The lowest BCUT2D eigenvalue weighted by Gasteiger charge is -2.17. The van der Waals surface area contributed by atoms with E-state index in [0.29, 0.717) is 0 Å². The number of carbonyl (C=O) groups is 1. The molecule has 6 heteroatoms. The topological polar surface area (TPSA) is 50.4 Å². The number of alkyl halides is 3. The van der Waals surface area contributed by atoms with Gasteiger partial charge < -0.3 is 9.52 Å². The molecule has 0 saturated heterocycles. The van der Waals surface area contributed by atoms with E-state index in [1.165, 1.54) is 26.2 Å². The Balaban J connectivity index is 2.68. The van der Waals surface area contributed by atoms with Gasteiger partial charge in [0, 0.05) is 10.9 Å². The van der Waals surface area contributed by atoms with Crippen LogP contribution in [0.3, 0.4) is 0 Å². The number of halogens is 3. The molecule has 0 amide bonds. The molecule has 1 aromatic carbocycles. The summed E-state index contributed by atoms with van der Waals surface area (Å²) >= 11 is 0. The second-order valence-corrected chi connectivity index (χ2v) is 4.79. The van der Waals surface area contributed by atoms with Gasteiger partial charge in [0.2, 0.25) is 0 Å². The number of fused-ring (bicyclic) bond motifs is 1. The number of furan rings is 1. The molecule has 1 N–H and O–H groups in total. The molecular weight excluding hydrogens is 261 g/mol. The van der Waals surface area contributed by atoms with Gasteiger partial charge in [0.1, 0.15) is 5.58 Å². The van der Waals surface area contributed by atoms with Crippen LogP contribution in [0.4, 0.5) is 13.2 Å². The zero-order valence-electron chi connectivity index (χ0n) is 10.2. The quantitative estimate of drug-likeness (QED) is 0.904. The molecule has 0 atom stereocenters. The van der Waals surface area contributed by atoms with Crippen molar-refractivity contribution in [1.82, 2.24) is 0 Å². The third-order valence-corrected chi connectivity index (χ3v) is 3.11. The average Bonchev–Trinajstić information content (AvgIpc) is 2.70. The van der Waals surface area contributed by atoms with Crippen molar-refractivity contribution in [2.45, 2.75) is 25.4 Å². The van der Waals surface area contributed by atoms with Crippen LogP contribution in [0.25, 0.3) is 11.0 Å². The van der Waals surface area contributed by atoms with Crippen LogP contribution in [-0.4, -0.2) is 11.1 Å². The lowest BCUT2D eigenvalue weighted by Crippen LogP contribution is -2.28. The Bertz CT molecular complexity index is 638. The zero-order chi connectivity index (χ0) is 14.4. The first-order valence-electron chi connectivity index (χ1n) is 5.46. The van der Waals surface area contributed by atoms with Gasteiger partial charge in [0.15, 0.2) is 0 Å². The maximum absolute atomic E-state index is 12.7. The monoisotopic (exact) mass is 272 g/mol. The molecule has 3 nitrogen and oxygen atoms in total. The summed E-state index contributed by atoms with van der Waals surface area (Å²) in [5.41, 5.74) is -1.70. The fraction of sp³-hybridized carbons (Fsp3) is 0.308. The fourth-order valence-electron chi connectivity index (χ4n) is 1.80. The number of aliphatic carboxylic acids is 1. The third-order valence-electron chi connectivity index (χ3n) is 3.11. The van der Waals surface area contributed by atoms with Crippen molar-refractivity contribution in [1.29, 1.82) is 0 Å². The highest BCUT2D eigenvalue weighted by atomic mass is 19.4. The normalized spacial score (nSPS) is 12.9. The Labute approximate surface area is 106 Å². The van der Waals surface area contributed by atoms with Crippen LogP contribution in [0.2, 0.25) is 0 Å². The van der Waals surface area contributed by atoms with E-state index >= 15 is 0 Å². The molecule has 0 spiro atoms. The molecule has 0 saturated carbocycles. The van der Waals surface area contributed by atoms with Crippen molar-refractivity contribution in [3.05, 3.63) is 35.6 Å². The van der Waals surface area contributed by atoms with Gasteiger partial charge >= 0.3 is 12.1 Å². The summed E-state index contributed by atoms with van der Waals surface area (Å²) in [6, 6.07) is 3.02. The van der Waals surface area contributed by atoms with Crippen molar-refractivity contribution in [3.8, 4) is 0 Å².